The van der Waals surface area contributed by atoms with Crippen LogP contribution in [0.3, 0.4) is 0 Å². The van der Waals surface area contributed by atoms with Gasteiger partial charge in [0.2, 0.25) is 0 Å². The van der Waals surface area contributed by atoms with Crippen molar-refractivity contribution in [3.05, 3.63) is 104 Å². The SMILES string of the molecule is Cc1ccc(N2C(=O)NC(=O)/C(=C\c3cc(Br)ccc3Cc3cc(C)cc(C)c3)C2=O)cc1. The number of barbiturate groups is 1. The molecule has 0 spiro atoms. The molecule has 0 radical (unpaired) electrons. The van der Waals surface area contributed by atoms with Crippen LogP contribution < -0.4 is 10.2 Å². The number of carbonyl (C=O) groups is 3. The van der Waals surface area contributed by atoms with Gasteiger partial charge in [-0.3, -0.25) is 14.9 Å². The van der Waals surface area contributed by atoms with Gasteiger partial charge in [0.25, 0.3) is 11.8 Å². The molecule has 0 atom stereocenters. The maximum Gasteiger partial charge on any atom is 0.335 e. The first-order valence-electron chi connectivity index (χ1n) is 10.5. The van der Waals surface area contributed by atoms with Crippen LogP contribution >= 0.6 is 15.9 Å². The Morgan fingerprint density at radius 1 is 0.848 bits per heavy atom. The van der Waals surface area contributed by atoms with Crippen molar-refractivity contribution >= 4 is 45.5 Å². The highest BCUT2D eigenvalue weighted by Gasteiger charge is 2.36. The molecule has 0 aliphatic carbocycles. The topological polar surface area (TPSA) is 66.5 Å². The van der Waals surface area contributed by atoms with E-state index in [4.69, 9.17) is 0 Å². The average Bonchev–Trinajstić information content (AvgIpc) is 2.73. The molecule has 1 N–H and O–H groups in total. The molecule has 1 fully saturated rings. The van der Waals surface area contributed by atoms with Gasteiger partial charge in [0, 0.05) is 4.47 Å². The van der Waals surface area contributed by atoms with Gasteiger partial charge in [0.15, 0.2) is 0 Å². The maximum absolute atomic E-state index is 13.2. The van der Waals surface area contributed by atoms with Gasteiger partial charge in [0.1, 0.15) is 5.57 Å². The lowest BCUT2D eigenvalue weighted by Gasteiger charge is -2.26. The van der Waals surface area contributed by atoms with E-state index in [1.807, 2.05) is 37.3 Å². The highest BCUT2D eigenvalue weighted by molar-refractivity contribution is 9.10. The predicted octanol–water partition coefficient (Wildman–Crippen LogP) is 5.63. The van der Waals surface area contributed by atoms with E-state index < -0.39 is 17.8 Å². The number of urea groups is 1. The number of hydrogen-bond donors (Lipinski definition) is 1. The van der Waals surface area contributed by atoms with Gasteiger partial charge in [0.05, 0.1) is 5.69 Å². The van der Waals surface area contributed by atoms with Crippen molar-refractivity contribution in [2.75, 3.05) is 4.90 Å². The summed E-state index contributed by atoms with van der Waals surface area (Å²) in [5.74, 6) is -1.35. The van der Waals surface area contributed by atoms with E-state index in [1.165, 1.54) is 11.1 Å². The first-order valence-corrected chi connectivity index (χ1v) is 11.3. The number of amides is 4. The van der Waals surface area contributed by atoms with Gasteiger partial charge in [-0.05, 0) is 74.2 Å². The van der Waals surface area contributed by atoms with Crippen LogP contribution in [0, 0.1) is 20.8 Å². The highest BCUT2D eigenvalue weighted by atomic mass is 79.9. The van der Waals surface area contributed by atoms with Crippen molar-refractivity contribution in [1.29, 1.82) is 0 Å². The van der Waals surface area contributed by atoms with Crippen LogP contribution in [0.2, 0.25) is 0 Å². The molecule has 4 amide bonds. The van der Waals surface area contributed by atoms with E-state index in [2.05, 4.69) is 53.3 Å². The fourth-order valence-corrected chi connectivity index (χ4v) is 4.37. The number of nitrogens with one attached hydrogen (secondary N) is 1. The van der Waals surface area contributed by atoms with Crippen molar-refractivity contribution in [2.45, 2.75) is 27.2 Å². The summed E-state index contributed by atoms with van der Waals surface area (Å²) in [6, 6.07) is 18.4. The van der Waals surface area contributed by atoms with Crippen LogP contribution in [-0.4, -0.2) is 17.8 Å². The van der Waals surface area contributed by atoms with Gasteiger partial charge in [-0.1, -0.05) is 69.0 Å². The summed E-state index contributed by atoms with van der Waals surface area (Å²) in [6.07, 6.45) is 2.21. The Balaban J connectivity index is 1.74. The third-order valence-corrected chi connectivity index (χ3v) is 5.97. The summed E-state index contributed by atoms with van der Waals surface area (Å²) in [7, 11) is 0. The molecular formula is C27H23BrN2O3. The molecule has 1 aliphatic rings. The number of hydrogen-bond acceptors (Lipinski definition) is 3. The average molecular weight is 503 g/mol. The first kappa shape index (κ1) is 22.7. The minimum Gasteiger partial charge on any atom is -0.273 e. The summed E-state index contributed by atoms with van der Waals surface area (Å²) in [4.78, 5) is 39.3. The molecule has 33 heavy (non-hydrogen) atoms. The Labute approximate surface area is 201 Å². The van der Waals surface area contributed by atoms with E-state index in [0.29, 0.717) is 12.1 Å². The zero-order chi connectivity index (χ0) is 23.7. The second-order valence-corrected chi connectivity index (χ2v) is 9.22. The summed E-state index contributed by atoms with van der Waals surface area (Å²) >= 11 is 3.49. The molecule has 0 bridgehead atoms. The smallest absolute Gasteiger partial charge is 0.273 e. The number of halogens is 1. The minimum absolute atomic E-state index is 0.0880. The normalized spacial score (nSPS) is 15.2. The Hall–Kier alpha value is -3.51. The minimum atomic E-state index is -0.754. The van der Waals surface area contributed by atoms with Crippen LogP contribution in [0.5, 0.6) is 0 Å². The van der Waals surface area contributed by atoms with Crippen LogP contribution in [0.4, 0.5) is 10.5 Å². The fraction of sp³-hybridized carbons (Fsp3) is 0.148. The molecule has 0 aromatic heterocycles. The summed E-state index contributed by atoms with van der Waals surface area (Å²) < 4.78 is 0.827. The summed E-state index contributed by atoms with van der Waals surface area (Å²) in [5, 5.41) is 2.29. The molecule has 1 heterocycles. The quantitative estimate of drug-likeness (QED) is 0.371. The molecule has 5 nitrogen and oxygen atoms in total. The van der Waals surface area contributed by atoms with Crippen molar-refractivity contribution in [3.63, 3.8) is 0 Å². The Kier molecular flexibility index (Phi) is 6.29. The zero-order valence-corrected chi connectivity index (χ0v) is 20.2. The molecule has 166 valence electrons. The number of aryl methyl sites for hydroxylation is 3. The van der Waals surface area contributed by atoms with Gasteiger partial charge >= 0.3 is 6.03 Å². The molecule has 1 aliphatic heterocycles. The van der Waals surface area contributed by atoms with Gasteiger partial charge in [-0.25, -0.2) is 9.69 Å². The second kappa shape index (κ2) is 9.16. The van der Waals surface area contributed by atoms with Crippen LogP contribution in [-0.2, 0) is 16.0 Å². The lowest BCUT2D eigenvalue weighted by Crippen LogP contribution is -2.54. The van der Waals surface area contributed by atoms with E-state index in [-0.39, 0.29) is 5.57 Å². The van der Waals surface area contributed by atoms with Gasteiger partial charge < -0.3 is 0 Å². The Morgan fingerprint density at radius 2 is 1.52 bits per heavy atom. The first-order chi connectivity index (χ1) is 15.7. The van der Waals surface area contributed by atoms with E-state index in [1.54, 1.807) is 18.2 Å². The van der Waals surface area contributed by atoms with Crippen molar-refractivity contribution in [1.82, 2.24) is 5.32 Å². The third kappa shape index (κ3) is 4.96. The molecular weight excluding hydrogens is 480 g/mol. The molecule has 3 aromatic carbocycles. The van der Waals surface area contributed by atoms with Gasteiger partial charge in [-0.15, -0.1) is 0 Å². The zero-order valence-electron chi connectivity index (χ0n) is 18.6. The lowest BCUT2D eigenvalue weighted by atomic mass is 9.95. The second-order valence-electron chi connectivity index (χ2n) is 8.31. The monoisotopic (exact) mass is 502 g/mol. The number of benzene rings is 3. The molecule has 4 rings (SSSR count). The number of carbonyl (C=O) groups excluding carboxylic acids is 3. The highest BCUT2D eigenvalue weighted by Crippen LogP contribution is 2.26. The van der Waals surface area contributed by atoms with Crippen molar-refractivity contribution in [2.24, 2.45) is 0 Å². The number of anilines is 1. The number of rotatable bonds is 4. The van der Waals surface area contributed by atoms with Crippen LogP contribution in [0.15, 0.2) is 70.7 Å². The number of imide groups is 2. The Bertz CT molecular complexity index is 1290. The summed E-state index contributed by atoms with van der Waals surface area (Å²) in [5.41, 5.74) is 6.52. The molecule has 6 heteroatoms. The van der Waals surface area contributed by atoms with E-state index >= 15 is 0 Å². The Morgan fingerprint density at radius 3 is 2.18 bits per heavy atom. The fourth-order valence-electron chi connectivity index (χ4n) is 3.99. The molecule has 0 unspecified atom stereocenters. The number of nitrogens with zero attached hydrogens (tertiary/aromatic N) is 1. The lowest BCUT2D eigenvalue weighted by molar-refractivity contribution is -0.122. The van der Waals surface area contributed by atoms with Gasteiger partial charge in [-0.2, -0.15) is 0 Å². The standard InChI is InChI=1S/C27H23BrN2O3/c1-16-4-8-23(9-5-16)30-26(32)24(25(31)29-27(30)33)15-21-14-22(28)7-6-20(21)13-19-11-17(2)10-18(3)12-19/h4-12,14-15H,13H2,1-3H3,(H,29,31,33)/b24-15+. The van der Waals surface area contributed by atoms with Crippen molar-refractivity contribution in [3.8, 4) is 0 Å². The van der Waals surface area contributed by atoms with Crippen molar-refractivity contribution < 1.29 is 14.4 Å². The van der Waals surface area contributed by atoms with Crippen LogP contribution in [0.1, 0.15) is 33.4 Å². The maximum atomic E-state index is 13.2. The molecule has 3 aromatic rings. The largest absolute Gasteiger partial charge is 0.335 e. The molecule has 1 saturated heterocycles. The summed E-state index contributed by atoms with van der Waals surface area (Å²) in [6.45, 7) is 6.03. The third-order valence-electron chi connectivity index (χ3n) is 5.48. The molecule has 0 saturated carbocycles. The van der Waals surface area contributed by atoms with E-state index in [0.717, 1.165) is 31.6 Å². The van der Waals surface area contributed by atoms with E-state index in [9.17, 15) is 14.4 Å². The predicted molar refractivity (Wildman–Crippen MR) is 133 cm³/mol. The van der Waals surface area contributed by atoms with Crippen LogP contribution in [0.25, 0.3) is 6.08 Å².